The second kappa shape index (κ2) is 10.2. The molecule has 0 aliphatic carbocycles. The third-order valence-electron chi connectivity index (χ3n) is 5.71. The van der Waals surface area contributed by atoms with Crippen LogP contribution in [0.15, 0.2) is 73.3 Å². The molecule has 0 saturated carbocycles. The van der Waals surface area contributed by atoms with E-state index in [0.717, 1.165) is 28.4 Å². The van der Waals surface area contributed by atoms with Gasteiger partial charge in [-0.15, -0.1) is 0 Å². The minimum Gasteiger partial charge on any atom is -0.483 e. The van der Waals surface area contributed by atoms with E-state index in [1.807, 2.05) is 31.3 Å². The average molecular weight is 495 g/mol. The summed E-state index contributed by atoms with van der Waals surface area (Å²) in [6.45, 7) is 1.84. The molecule has 186 valence electrons. The summed E-state index contributed by atoms with van der Waals surface area (Å²) in [5, 5.41) is 4.49. The van der Waals surface area contributed by atoms with Crippen LogP contribution in [0.5, 0.6) is 5.75 Å². The summed E-state index contributed by atoms with van der Waals surface area (Å²) >= 11 is 0. The van der Waals surface area contributed by atoms with Gasteiger partial charge in [-0.3, -0.25) is 9.78 Å². The number of nitrogens with zero attached hydrogens (tertiary/aromatic N) is 4. The van der Waals surface area contributed by atoms with Crippen LogP contribution in [0.2, 0.25) is 0 Å². The number of carbonyl (C=O) groups excluding carboxylic acids is 1. The first-order chi connectivity index (χ1) is 17.1. The lowest BCUT2D eigenvalue weighted by Gasteiger charge is -2.13. The number of halogens is 3. The number of ether oxygens (including phenoxy) is 1. The van der Waals surface area contributed by atoms with E-state index in [-0.39, 0.29) is 12.5 Å². The van der Waals surface area contributed by atoms with Crippen LogP contribution in [-0.2, 0) is 17.4 Å². The number of benzene rings is 2. The van der Waals surface area contributed by atoms with Crippen molar-refractivity contribution in [2.45, 2.75) is 19.5 Å². The normalized spacial score (nSPS) is 11.4. The Morgan fingerprint density at radius 3 is 2.58 bits per heavy atom. The molecular formula is C27H25F3N4O2. The van der Waals surface area contributed by atoms with Gasteiger partial charge in [-0.25, -0.2) is 4.68 Å². The Bertz CT molecular complexity index is 1380. The largest absolute Gasteiger partial charge is 0.483 e. The molecule has 1 amide bonds. The molecule has 0 radical (unpaired) electrons. The number of aromatic nitrogens is 3. The molecule has 0 atom stereocenters. The predicted octanol–water partition coefficient (Wildman–Crippen LogP) is 5.32. The first kappa shape index (κ1) is 25.0. The van der Waals surface area contributed by atoms with Crippen molar-refractivity contribution in [3.05, 3.63) is 95.6 Å². The van der Waals surface area contributed by atoms with E-state index in [1.54, 1.807) is 49.5 Å². The van der Waals surface area contributed by atoms with Crippen LogP contribution >= 0.6 is 0 Å². The van der Waals surface area contributed by atoms with Crippen LogP contribution in [0, 0.1) is 6.92 Å². The quantitative estimate of drug-likeness (QED) is 0.349. The molecule has 2 aromatic carbocycles. The minimum atomic E-state index is -4.38. The van der Waals surface area contributed by atoms with Crippen molar-refractivity contribution in [2.24, 2.45) is 0 Å². The van der Waals surface area contributed by atoms with Gasteiger partial charge in [0.2, 0.25) is 0 Å². The fraction of sp³-hybridized carbons (Fsp3) is 0.222. The molecule has 6 nitrogen and oxygen atoms in total. The smallest absolute Gasteiger partial charge is 0.416 e. The van der Waals surface area contributed by atoms with Crippen LogP contribution in [0.1, 0.15) is 22.3 Å². The summed E-state index contributed by atoms with van der Waals surface area (Å²) in [4.78, 5) is 17.6. The molecule has 2 aromatic heterocycles. The molecule has 0 fully saturated rings. The van der Waals surface area contributed by atoms with Crippen LogP contribution < -0.4 is 4.74 Å². The number of carbonyl (C=O) groups is 1. The van der Waals surface area contributed by atoms with Crippen LogP contribution in [0.3, 0.4) is 0 Å². The van der Waals surface area contributed by atoms with Crippen molar-refractivity contribution in [1.29, 1.82) is 0 Å². The molecule has 0 aliphatic heterocycles. The first-order valence-corrected chi connectivity index (χ1v) is 11.2. The Balaban J connectivity index is 1.59. The summed E-state index contributed by atoms with van der Waals surface area (Å²) in [5.41, 5.74) is 3.97. The average Bonchev–Trinajstić information content (AvgIpc) is 3.33. The number of alkyl halides is 3. The highest BCUT2D eigenvalue weighted by atomic mass is 19.4. The summed E-state index contributed by atoms with van der Waals surface area (Å²) in [7, 11) is 3.32. The van der Waals surface area contributed by atoms with Gasteiger partial charge in [0, 0.05) is 43.8 Å². The Morgan fingerprint density at radius 1 is 1.06 bits per heavy atom. The monoisotopic (exact) mass is 494 g/mol. The van der Waals surface area contributed by atoms with E-state index in [0.29, 0.717) is 23.3 Å². The molecule has 0 saturated heterocycles. The maximum atomic E-state index is 13.1. The molecule has 36 heavy (non-hydrogen) atoms. The number of hydrogen-bond acceptors (Lipinski definition) is 4. The Morgan fingerprint density at radius 2 is 1.83 bits per heavy atom. The van der Waals surface area contributed by atoms with Crippen LogP contribution in [0.4, 0.5) is 13.2 Å². The fourth-order valence-electron chi connectivity index (χ4n) is 3.69. The third-order valence-corrected chi connectivity index (χ3v) is 5.71. The van der Waals surface area contributed by atoms with E-state index in [9.17, 15) is 18.0 Å². The van der Waals surface area contributed by atoms with Gasteiger partial charge < -0.3 is 9.64 Å². The zero-order valence-corrected chi connectivity index (χ0v) is 20.1. The molecule has 0 bridgehead atoms. The molecular weight excluding hydrogens is 469 g/mol. The van der Waals surface area contributed by atoms with Crippen molar-refractivity contribution in [3.63, 3.8) is 0 Å². The molecule has 0 spiro atoms. The van der Waals surface area contributed by atoms with Crippen LogP contribution in [-0.4, -0.2) is 46.3 Å². The number of amides is 1. The maximum absolute atomic E-state index is 13.1. The fourth-order valence-corrected chi connectivity index (χ4v) is 3.69. The molecule has 0 aliphatic rings. The third kappa shape index (κ3) is 5.73. The molecule has 0 unspecified atom stereocenters. The molecule has 4 aromatic rings. The maximum Gasteiger partial charge on any atom is 0.416 e. The van der Waals surface area contributed by atoms with E-state index >= 15 is 0 Å². The van der Waals surface area contributed by atoms with E-state index in [2.05, 4.69) is 10.1 Å². The van der Waals surface area contributed by atoms with Crippen molar-refractivity contribution in [3.8, 4) is 22.6 Å². The highest BCUT2D eigenvalue weighted by Crippen LogP contribution is 2.31. The van der Waals surface area contributed by atoms with Gasteiger partial charge in [0.25, 0.3) is 5.91 Å². The van der Waals surface area contributed by atoms with Gasteiger partial charge in [-0.2, -0.15) is 18.3 Å². The second-order valence-corrected chi connectivity index (χ2v) is 8.62. The Hall–Kier alpha value is -4.14. The minimum absolute atomic E-state index is 0.102. The highest BCUT2D eigenvalue weighted by molar-refractivity contribution is 5.77. The summed E-state index contributed by atoms with van der Waals surface area (Å²) in [6, 6.07) is 12.8. The highest BCUT2D eigenvalue weighted by Gasteiger charge is 2.30. The van der Waals surface area contributed by atoms with Gasteiger partial charge in [0.05, 0.1) is 17.4 Å². The summed E-state index contributed by atoms with van der Waals surface area (Å²) in [5.74, 6) is 0.344. The molecule has 4 rings (SSSR count). The summed E-state index contributed by atoms with van der Waals surface area (Å²) in [6.07, 6.45) is 2.71. The van der Waals surface area contributed by atoms with Gasteiger partial charge in [-0.1, -0.05) is 30.3 Å². The number of rotatable bonds is 7. The second-order valence-electron chi connectivity index (χ2n) is 8.62. The van der Waals surface area contributed by atoms with Gasteiger partial charge >= 0.3 is 6.18 Å². The molecule has 0 N–H and O–H groups in total. The van der Waals surface area contributed by atoms with E-state index in [1.165, 1.54) is 17.0 Å². The van der Waals surface area contributed by atoms with Crippen molar-refractivity contribution in [2.75, 3.05) is 20.7 Å². The predicted molar refractivity (Wildman–Crippen MR) is 130 cm³/mol. The standard InChI is InChI=1S/C27H25F3N4O2/c1-18-7-8-20(11-19-5-4-6-22(12-19)27(28,29)30)13-24(18)34-16-21(14-32-34)23-15-31-10-9-25(23)36-17-26(35)33(2)3/h4-10,12-16H,11,17H2,1-3H3. The SMILES string of the molecule is Cc1ccc(Cc2cccc(C(F)(F)F)c2)cc1-n1cc(-c2cnccc2OCC(=O)N(C)C)cn1. The number of likely N-dealkylation sites (N-methyl/N-ethyl adjacent to an activating group) is 1. The van der Waals surface area contributed by atoms with Crippen molar-refractivity contribution in [1.82, 2.24) is 19.7 Å². The van der Waals surface area contributed by atoms with Crippen molar-refractivity contribution < 1.29 is 22.7 Å². The lowest BCUT2D eigenvalue weighted by molar-refractivity contribution is -0.137. The zero-order chi connectivity index (χ0) is 25.9. The molecule has 2 heterocycles. The summed E-state index contributed by atoms with van der Waals surface area (Å²) < 4.78 is 46.7. The zero-order valence-electron chi connectivity index (χ0n) is 20.1. The van der Waals surface area contributed by atoms with Gasteiger partial charge in [-0.05, 0) is 48.2 Å². The van der Waals surface area contributed by atoms with Gasteiger partial charge in [0.1, 0.15) is 5.75 Å². The number of pyridine rings is 1. The lowest BCUT2D eigenvalue weighted by atomic mass is 10.0. The first-order valence-electron chi connectivity index (χ1n) is 11.2. The Labute approximate surface area is 207 Å². The van der Waals surface area contributed by atoms with Gasteiger partial charge in [0.15, 0.2) is 6.61 Å². The number of hydrogen-bond donors (Lipinski definition) is 0. The van der Waals surface area contributed by atoms with Crippen LogP contribution in [0.25, 0.3) is 16.8 Å². The number of aryl methyl sites for hydroxylation is 1. The van der Waals surface area contributed by atoms with E-state index in [4.69, 9.17) is 4.74 Å². The molecule has 9 heteroatoms. The lowest BCUT2D eigenvalue weighted by Crippen LogP contribution is -2.27. The Kier molecular flexibility index (Phi) is 7.10. The van der Waals surface area contributed by atoms with Crippen molar-refractivity contribution >= 4 is 5.91 Å². The topological polar surface area (TPSA) is 60.3 Å². The van der Waals surface area contributed by atoms with E-state index < -0.39 is 11.7 Å².